The van der Waals surface area contributed by atoms with E-state index in [0.29, 0.717) is 41.4 Å². The topological polar surface area (TPSA) is 42.7 Å². The standard InChI is InChI=1S/C24H17Cl2NO3/c25-17-7-5-15(6-8-17)20-13-29-24-18(23(20)28)9-10-22-19(24)12-27(14-30-22)11-16-3-1-2-4-21(16)26/h1-10,13H,11-12,14H2. The molecule has 0 unspecified atom stereocenters. The highest BCUT2D eigenvalue weighted by Gasteiger charge is 2.23. The van der Waals surface area contributed by atoms with Crippen molar-refractivity contribution in [2.24, 2.45) is 0 Å². The molecule has 0 amide bonds. The number of rotatable bonds is 3. The molecule has 0 fully saturated rings. The average molecular weight is 438 g/mol. The third kappa shape index (κ3) is 3.47. The number of hydrogen-bond donors (Lipinski definition) is 0. The minimum Gasteiger partial charge on any atom is -0.478 e. The van der Waals surface area contributed by atoms with Crippen molar-refractivity contribution in [1.29, 1.82) is 0 Å². The molecule has 0 aliphatic carbocycles. The van der Waals surface area contributed by atoms with Crippen LogP contribution in [0.4, 0.5) is 0 Å². The van der Waals surface area contributed by atoms with E-state index in [2.05, 4.69) is 4.90 Å². The maximum absolute atomic E-state index is 13.2. The lowest BCUT2D eigenvalue weighted by atomic mass is 10.0. The molecule has 3 aromatic carbocycles. The van der Waals surface area contributed by atoms with Crippen molar-refractivity contribution in [2.45, 2.75) is 13.1 Å². The first-order valence-electron chi connectivity index (χ1n) is 9.52. The van der Waals surface area contributed by atoms with Crippen LogP contribution in [-0.2, 0) is 13.1 Å². The van der Waals surface area contributed by atoms with Crippen molar-refractivity contribution in [3.05, 3.63) is 98.3 Å². The lowest BCUT2D eigenvalue weighted by molar-refractivity contribution is 0.0890. The number of fused-ring (bicyclic) bond motifs is 3. The van der Waals surface area contributed by atoms with Gasteiger partial charge in [0.25, 0.3) is 0 Å². The van der Waals surface area contributed by atoms with Crippen LogP contribution >= 0.6 is 23.2 Å². The first-order chi connectivity index (χ1) is 14.6. The Morgan fingerprint density at radius 2 is 1.77 bits per heavy atom. The maximum atomic E-state index is 13.2. The molecule has 0 N–H and O–H groups in total. The molecule has 0 saturated carbocycles. The van der Waals surface area contributed by atoms with Crippen LogP contribution in [0.2, 0.25) is 10.0 Å². The molecule has 4 aromatic rings. The van der Waals surface area contributed by atoms with Crippen LogP contribution in [0.5, 0.6) is 5.75 Å². The summed E-state index contributed by atoms with van der Waals surface area (Å²) in [7, 11) is 0. The smallest absolute Gasteiger partial charge is 0.200 e. The van der Waals surface area contributed by atoms with E-state index in [1.807, 2.05) is 42.5 Å². The Bertz CT molecular complexity index is 1300. The van der Waals surface area contributed by atoms with E-state index in [4.69, 9.17) is 32.4 Å². The van der Waals surface area contributed by atoms with Gasteiger partial charge in [0.1, 0.15) is 24.3 Å². The van der Waals surface area contributed by atoms with Crippen molar-refractivity contribution in [3.8, 4) is 16.9 Å². The lowest BCUT2D eigenvalue weighted by Crippen LogP contribution is -2.31. The van der Waals surface area contributed by atoms with Gasteiger partial charge in [-0.1, -0.05) is 53.5 Å². The molecule has 0 spiro atoms. The van der Waals surface area contributed by atoms with Gasteiger partial charge < -0.3 is 9.15 Å². The predicted octanol–water partition coefficient (Wildman–Crippen LogP) is 6.12. The third-order valence-electron chi connectivity index (χ3n) is 5.29. The molecule has 6 heteroatoms. The Kier molecular flexibility index (Phi) is 4.99. The van der Waals surface area contributed by atoms with Crippen molar-refractivity contribution in [1.82, 2.24) is 4.90 Å². The van der Waals surface area contributed by atoms with Gasteiger partial charge in [-0.15, -0.1) is 0 Å². The highest BCUT2D eigenvalue weighted by molar-refractivity contribution is 6.31. The molecule has 1 aromatic heterocycles. The largest absolute Gasteiger partial charge is 0.478 e. The Balaban J connectivity index is 1.53. The molecule has 0 radical (unpaired) electrons. The van der Waals surface area contributed by atoms with E-state index in [9.17, 15) is 4.79 Å². The Morgan fingerprint density at radius 3 is 2.57 bits per heavy atom. The number of nitrogens with zero attached hydrogens (tertiary/aromatic N) is 1. The Morgan fingerprint density at radius 1 is 0.967 bits per heavy atom. The second-order valence-corrected chi connectivity index (χ2v) is 8.10. The second kappa shape index (κ2) is 7.80. The van der Waals surface area contributed by atoms with Gasteiger partial charge in [0.05, 0.1) is 16.5 Å². The SMILES string of the molecule is O=c1c(-c2ccc(Cl)cc2)coc2c3c(ccc12)OCN(Cc1ccccc1Cl)C3. The zero-order valence-corrected chi connectivity index (χ0v) is 17.4. The summed E-state index contributed by atoms with van der Waals surface area (Å²) in [5.41, 5.74) is 3.64. The average Bonchev–Trinajstić information content (AvgIpc) is 2.76. The molecular weight excluding hydrogens is 421 g/mol. The molecule has 1 aliphatic heterocycles. The normalized spacial score (nSPS) is 13.8. The van der Waals surface area contributed by atoms with E-state index < -0.39 is 0 Å². The van der Waals surface area contributed by atoms with Crippen LogP contribution in [0.1, 0.15) is 11.1 Å². The number of ether oxygens (including phenoxy) is 1. The summed E-state index contributed by atoms with van der Waals surface area (Å²) in [5, 5.41) is 1.87. The van der Waals surface area contributed by atoms with E-state index in [1.54, 1.807) is 18.2 Å². The van der Waals surface area contributed by atoms with E-state index in [-0.39, 0.29) is 5.43 Å². The molecule has 150 valence electrons. The summed E-state index contributed by atoms with van der Waals surface area (Å²) in [6.07, 6.45) is 1.52. The molecule has 5 rings (SSSR count). The van der Waals surface area contributed by atoms with Crippen LogP contribution < -0.4 is 10.2 Å². The molecule has 4 nitrogen and oxygen atoms in total. The summed E-state index contributed by atoms with van der Waals surface area (Å²) < 4.78 is 11.9. The van der Waals surface area contributed by atoms with Crippen molar-refractivity contribution >= 4 is 34.2 Å². The Hall–Kier alpha value is -2.79. The first-order valence-corrected chi connectivity index (χ1v) is 10.3. The minimum atomic E-state index is -0.0791. The number of halogens is 2. The third-order valence-corrected chi connectivity index (χ3v) is 5.91. The molecule has 1 aliphatic rings. The van der Waals surface area contributed by atoms with Crippen LogP contribution in [0.15, 0.2) is 76.1 Å². The zero-order valence-electron chi connectivity index (χ0n) is 15.9. The van der Waals surface area contributed by atoms with Crippen molar-refractivity contribution < 1.29 is 9.15 Å². The second-order valence-electron chi connectivity index (χ2n) is 7.26. The quantitative estimate of drug-likeness (QED) is 0.387. The fourth-order valence-corrected chi connectivity index (χ4v) is 4.07. The summed E-state index contributed by atoms with van der Waals surface area (Å²) in [6.45, 7) is 1.68. The fourth-order valence-electron chi connectivity index (χ4n) is 3.75. The number of hydrogen-bond acceptors (Lipinski definition) is 4. The predicted molar refractivity (Wildman–Crippen MR) is 119 cm³/mol. The zero-order chi connectivity index (χ0) is 20.7. The van der Waals surface area contributed by atoms with Crippen LogP contribution in [0.3, 0.4) is 0 Å². The molecular formula is C24H17Cl2NO3. The molecule has 30 heavy (non-hydrogen) atoms. The summed E-state index contributed by atoms with van der Waals surface area (Å²) in [6, 6.07) is 18.5. The van der Waals surface area contributed by atoms with Gasteiger partial charge in [0, 0.05) is 23.1 Å². The van der Waals surface area contributed by atoms with Gasteiger partial charge in [-0.05, 0) is 41.5 Å². The van der Waals surface area contributed by atoms with Gasteiger partial charge in [0.15, 0.2) is 0 Å². The van der Waals surface area contributed by atoms with Gasteiger partial charge in [-0.3, -0.25) is 9.69 Å². The van der Waals surface area contributed by atoms with Crippen LogP contribution in [0.25, 0.3) is 22.1 Å². The molecule has 0 saturated heterocycles. The van der Waals surface area contributed by atoms with E-state index in [0.717, 1.165) is 27.5 Å². The monoisotopic (exact) mass is 437 g/mol. The summed E-state index contributed by atoms with van der Waals surface area (Å²) in [4.78, 5) is 15.3. The fraction of sp³-hybridized carbons (Fsp3) is 0.125. The molecule has 0 bridgehead atoms. The minimum absolute atomic E-state index is 0.0791. The van der Waals surface area contributed by atoms with Gasteiger partial charge >= 0.3 is 0 Å². The van der Waals surface area contributed by atoms with Crippen molar-refractivity contribution in [2.75, 3.05) is 6.73 Å². The lowest BCUT2D eigenvalue weighted by Gasteiger charge is -2.29. The van der Waals surface area contributed by atoms with Gasteiger partial charge in [0.2, 0.25) is 5.43 Å². The molecule has 0 atom stereocenters. The van der Waals surface area contributed by atoms with Gasteiger partial charge in [-0.2, -0.15) is 0 Å². The van der Waals surface area contributed by atoms with E-state index >= 15 is 0 Å². The number of benzene rings is 3. The maximum Gasteiger partial charge on any atom is 0.200 e. The van der Waals surface area contributed by atoms with Gasteiger partial charge in [-0.25, -0.2) is 0 Å². The highest BCUT2D eigenvalue weighted by atomic mass is 35.5. The molecule has 2 heterocycles. The first kappa shape index (κ1) is 19.2. The van der Waals surface area contributed by atoms with E-state index in [1.165, 1.54) is 6.26 Å². The van der Waals surface area contributed by atoms with Crippen LogP contribution in [0, 0.1) is 0 Å². The summed E-state index contributed by atoms with van der Waals surface area (Å²) >= 11 is 12.3. The Labute approximate surface area is 183 Å². The highest BCUT2D eigenvalue weighted by Crippen LogP contribution is 2.33. The summed E-state index contributed by atoms with van der Waals surface area (Å²) in [5.74, 6) is 0.736. The van der Waals surface area contributed by atoms with Crippen molar-refractivity contribution in [3.63, 3.8) is 0 Å². The van der Waals surface area contributed by atoms with Crippen LogP contribution in [-0.4, -0.2) is 11.6 Å².